The summed E-state index contributed by atoms with van der Waals surface area (Å²) in [6.07, 6.45) is 4.92. The molecule has 15 heavy (non-hydrogen) atoms. The largest absolute Gasteiger partial charge is 0.383 e. The molecule has 4 nitrogen and oxygen atoms in total. The third-order valence-electron chi connectivity index (χ3n) is 2.03. The number of rotatable bonds is 6. The van der Waals surface area contributed by atoms with Gasteiger partial charge >= 0.3 is 0 Å². The van der Waals surface area contributed by atoms with Gasteiger partial charge in [-0.2, -0.15) is 4.98 Å². The normalized spacial score (nSPS) is 10.3. The van der Waals surface area contributed by atoms with Crippen LogP contribution < -0.4 is 11.1 Å². The number of unbranched alkanes of at least 4 members (excludes halogenated alkanes) is 3. The van der Waals surface area contributed by atoms with Gasteiger partial charge in [0.2, 0.25) is 5.95 Å². The van der Waals surface area contributed by atoms with Crippen molar-refractivity contribution in [3.8, 4) is 0 Å². The lowest BCUT2D eigenvalue weighted by molar-refractivity contribution is 0.683. The molecule has 0 bridgehead atoms. The highest BCUT2D eigenvalue weighted by atomic mass is 79.9. The molecule has 0 aliphatic heterocycles. The number of nitrogens with one attached hydrogen (secondary N) is 1. The van der Waals surface area contributed by atoms with E-state index in [-0.39, 0.29) is 0 Å². The van der Waals surface area contributed by atoms with Gasteiger partial charge in [0.05, 0.1) is 0 Å². The van der Waals surface area contributed by atoms with Crippen molar-refractivity contribution in [2.24, 2.45) is 0 Å². The van der Waals surface area contributed by atoms with Gasteiger partial charge in [-0.15, -0.1) is 0 Å². The average molecular weight is 273 g/mol. The van der Waals surface area contributed by atoms with Crippen LogP contribution in [-0.4, -0.2) is 16.5 Å². The van der Waals surface area contributed by atoms with Crippen LogP contribution in [0.25, 0.3) is 0 Å². The predicted molar refractivity (Wildman–Crippen MR) is 66.8 cm³/mol. The molecule has 0 atom stereocenters. The summed E-state index contributed by atoms with van der Waals surface area (Å²) in [5.41, 5.74) is 5.59. The Morgan fingerprint density at radius 1 is 1.33 bits per heavy atom. The molecule has 0 spiro atoms. The van der Waals surface area contributed by atoms with Crippen LogP contribution in [0, 0.1) is 0 Å². The fourth-order valence-corrected chi connectivity index (χ4v) is 1.67. The van der Waals surface area contributed by atoms with E-state index in [0.29, 0.717) is 16.4 Å². The SMILES string of the molecule is CCCCCCNc1nc(N)cc(Br)n1. The molecular weight excluding hydrogens is 256 g/mol. The summed E-state index contributed by atoms with van der Waals surface area (Å²) in [6.45, 7) is 3.10. The average Bonchev–Trinajstić information content (AvgIpc) is 2.16. The number of aromatic nitrogens is 2. The van der Waals surface area contributed by atoms with E-state index in [4.69, 9.17) is 5.73 Å². The molecule has 0 radical (unpaired) electrons. The van der Waals surface area contributed by atoms with Crippen molar-refractivity contribution in [3.05, 3.63) is 10.7 Å². The highest BCUT2D eigenvalue weighted by molar-refractivity contribution is 9.10. The molecule has 84 valence electrons. The standard InChI is InChI=1S/C10H17BrN4/c1-2-3-4-5-6-13-10-14-8(11)7-9(12)15-10/h7H,2-6H2,1H3,(H3,12,13,14,15). The third kappa shape index (κ3) is 4.97. The van der Waals surface area contributed by atoms with Crippen LogP contribution in [0.5, 0.6) is 0 Å². The van der Waals surface area contributed by atoms with Gasteiger partial charge in [0.1, 0.15) is 10.4 Å². The second-order valence-electron chi connectivity index (χ2n) is 3.43. The van der Waals surface area contributed by atoms with Crippen molar-refractivity contribution in [3.63, 3.8) is 0 Å². The highest BCUT2D eigenvalue weighted by Gasteiger charge is 1.99. The van der Waals surface area contributed by atoms with Crippen molar-refractivity contribution in [2.45, 2.75) is 32.6 Å². The lowest BCUT2D eigenvalue weighted by Gasteiger charge is -2.05. The van der Waals surface area contributed by atoms with Gasteiger partial charge < -0.3 is 11.1 Å². The van der Waals surface area contributed by atoms with Gasteiger partial charge in [-0.25, -0.2) is 4.98 Å². The Morgan fingerprint density at radius 3 is 2.80 bits per heavy atom. The second kappa shape index (κ2) is 6.61. The molecule has 0 aliphatic carbocycles. The summed E-state index contributed by atoms with van der Waals surface area (Å²) in [4.78, 5) is 8.24. The van der Waals surface area contributed by atoms with Crippen LogP contribution >= 0.6 is 15.9 Å². The first-order valence-electron chi connectivity index (χ1n) is 5.26. The molecule has 0 saturated heterocycles. The van der Waals surface area contributed by atoms with E-state index in [1.165, 1.54) is 19.3 Å². The van der Waals surface area contributed by atoms with Gasteiger partial charge in [-0.1, -0.05) is 26.2 Å². The number of hydrogen-bond donors (Lipinski definition) is 2. The Kier molecular flexibility index (Phi) is 5.39. The summed E-state index contributed by atoms with van der Waals surface area (Å²) in [7, 11) is 0. The molecule has 5 heteroatoms. The Hall–Kier alpha value is -0.840. The third-order valence-corrected chi connectivity index (χ3v) is 2.43. The first-order valence-corrected chi connectivity index (χ1v) is 6.05. The minimum absolute atomic E-state index is 0.480. The van der Waals surface area contributed by atoms with E-state index in [1.54, 1.807) is 6.07 Å². The van der Waals surface area contributed by atoms with Crippen LogP contribution in [0.3, 0.4) is 0 Å². The number of anilines is 2. The van der Waals surface area contributed by atoms with Crippen LogP contribution in [0.2, 0.25) is 0 Å². The highest BCUT2D eigenvalue weighted by Crippen LogP contribution is 2.12. The summed E-state index contributed by atoms with van der Waals surface area (Å²) in [6, 6.07) is 1.68. The van der Waals surface area contributed by atoms with Crippen molar-refractivity contribution in [2.75, 3.05) is 17.6 Å². The Labute approximate surface area is 98.8 Å². The van der Waals surface area contributed by atoms with Crippen molar-refractivity contribution >= 4 is 27.7 Å². The lowest BCUT2D eigenvalue weighted by atomic mass is 10.2. The number of halogens is 1. The Bertz CT molecular complexity index is 283. The molecule has 1 heterocycles. The number of nitrogen functional groups attached to an aromatic ring is 1. The van der Waals surface area contributed by atoms with Crippen molar-refractivity contribution < 1.29 is 0 Å². The maximum Gasteiger partial charge on any atom is 0.225 e. The van der Waals surface area contributed by atoms with E-state index in [2.05, 4.69) is 38.1 Å². The molecule has 0 unspecified atom stereocenters. The lowest BCUT2D eigenvalue weighted by Crippen LogP contribution is -2.06. The van der Waals surface area contributed by atoms with E-state index in [0.717, 1.165) is 13.0 Å². The maximum atomic E-state index is 5.59. The number of nitrogens with zero attached hydrogens (tertiary/aromatic N) is 2. The van der Waals surface area contributed by atoms with Crippen molar-refractivity contribution in [1.29, 1.82) is 0 Å². The van der Waals surface area contributed by atoms with Crippen molar-refractivity contribution in [1.82, 2.24) is 9.97 Å². The summed E-state index contributed by atoms with van der Waals surface area (Å²) < 4.78 is 0.714. The minimum Gasteiger partial charge on any atom is -0.383 e. The molecule has 0 saturated carbocycles. The van der Waals surface area contributed by atoms with Gasteiger partial charge in [-0.3, -0.25) is 0 Å². The van der Waals surface area contributed by atoms with Crippen LogP contribution in [0.15, 0.2) is 10.7 Å². The fraction of sp³-hybridized carbons (Fsp3) is 0.600. The Balaban J connectivity index is 2.31. The molecular formula is C10H17BrN4. The molecule has 3 N–H and O–H groups in total. The summed E-state index contributed by atoms with van der Waals surface area (Å²) in [5.74, 6) is 1.08. The van der Waals surface area contributed by atoms with Gasteiger partial charge in [0.25, 0.3) is 0 Å². The zero-order valence-corrected chi connectivity index (χ0v) is 10.5. The van der Waals surface area contributed by atoms with Gasteiger partial charge in [0.15, 0.2) is 0 Å². The second-order valence-corrected chi connectivity index (χ2v) is 4.24. The number of hydrogen-bond acceptors (Lipinski definition) is 4. The van der Waals surface area contributed by atoms with Crippen LogP contribution in [0.1, 0.15) is 32.6 Å². The quantitative estimate of drug-likeness (QED) is 0.618. The smallest absolute Gasteiger partial charge is 0.225 e. The van der Waals surface area contributed by atoms with Crippen LogP contribution in [-0.2, 0) is 0 Å². The summed E-state index contributed by atoms with van der Waals surface area (Å²) >= 11 is 3.28. The van der Waals surface area contributed by atoms with E-state index >= 15 is 0 Å². The molecule has 1 rings (SSSR count). The molecule has 0 aromatic carbocycles. The monoisotopic (exact) mass is 272 g/mol. The topological polar surface area (TPSA) is 63.8 Å². The van der Waals surface area contributed by atoms with E-state index in [1.807, 2.05) is 0 Å². The zero-order valence-electron chi connectivity index (χ0n) is 8.96. The first kappa shape index (κ1) is 12.2. The molecule has 1 aromatic heterocycles. The molecule has 0 amide bonds. The summed E-state index contributed by atoms with van der Waals surface area (Å²) in [5, 5.41) is 3.15. The maximum absolute atomic E-state index is 5.59. The number of nitrogens with two attached hydrogens (primary N) is 1. The van der Waals surface area contributed by atoms with Gasteiger partial charge in [-0.05, 0) is 22.4 Å². The van der Waals surface area contributed by atoms with E-state index < -0.39 is 0 Å². The molecule has 1 aromatic rings. The zero-order chi connectivity index (χ0) is 11.1. The first-order chi connectivity index (χ1) is 7.22. The predicted octanol–water partition coefficient (Wildman–Crippen LogP) is 2.81. The van der Waals surface area contributed by atoms with Crippen LogP contribution in [0.4, 0.5) is 11.8 Å². The fourth-order valence-electron chi connectivity index (χ4n) is 1.27. The minimum atomic E-state index is 0.480. The van der Waals surface area contributed by atoms with Gasteiger partial charge in [0, 0.05) is 12.6 Å². The molecule has 0 fully saturated rings. The Morgan fingerprint density at radius 2 is 2.13 bits per heavy atom. The molecule has 0 aliphatic rings. The van der Waals surface area contributed by atoms with E-state index in [9.17, 15) is 0 Å².